The molecular weight excluding hydrogens is 1550 g/mol. The van der Waals surface area contributed by atoms with Gasteiger partial charge in [-0.3, -0.25) is 0 Å². The first-order valence-corrected chi connectivity index (χ1v) is 42.0. The molecule has 5 heterocycles. The van der Waals surface area contributed by atoms with Crippen molar-refractivity contribution in [2.75, 3.05) is 13.2 Å². The second-order valence-corrected chi connectivity index (χ2v) is 31.9. The molecule has 0 amide bonds. The van der Waals surface area contributed by atoms with Gasteiger partial charge in [-0.15, -0.1) is 0 Å². The van der Waals surface area contributed by atoms with Crippen molar-refractivity contribution in [1.29, 1.82) is 0 Å². The van der Waals surface area contributed by atoms with E-state index >= 15 is 0 Å². The fourth-order valence-corrected chi connectivity index (χ4v) is 15.6. The molecule has 15 aromatic rings. The molecular formula is C104H94N8O12. The van der Waals surface area contributed by atoms with Crippen molar-refractivity contribution in [3.63, 3.8) is 0 Å². The first-order chi connectivity index (χ1) is 60.1. The zero-order chi connectivity index (χ0) is 86.1. The Morgan fingerprint density at radius 1 is 0.258 bits per heavy atom. The maximum Gasteiger partial charge on any atom is 0.338 e. The van der Waals surface area contributed by atoms with Gasteiger partial charge in [-0.2, -0.15) is 0 Å². The number of para-hydroxylation sites is 6. The zero-order valence-electron chi connectivity index (χ0n) is 71.9. The van der Waals surface area contributed by atoms with Gasteiger partial charge in [0.1, 0.15) is 68.6 Å². The maximum atomic E-state index is 13.5. The number of carbonyl (C=O) groups is 2. The third-order valence-corrected chi connectivity index (χ3v) is 22.4. The monoisotopic (exact) mass is 1650 g/mol. The predicted molar refractivity (Wildman–Crippen MR) is 485 cm³/mol. The van der Waals surface area contributed by atoms with Crippen molar-refractivity contribution in [2.45, 2.75) is 135 Å². The molecule has 0 saturated carbocycles. The fraction of sp³-hybridized carbons (Fsp3) is 0.212. The number of fused-ring (bicyclic) bond motifs is 20. The number of H-pyrrole nitrogens is 2. The number of unbranched alkanes of at least 4 members (excludes halogenated alkanes) is 4. The van der Waals surface area contributed by atoms with Crippen LogP contribution >= 0.6 is 0 Å². The van der Waals surface area contributed by atoms with Gasteiger partial charge in [-0.05, 0) is 260 Å². The third kappa shape index (κ3) is 16.7. The number of nitrogens with zero attached hydrogens (tertiary/aromatic N) is 6. The molecule has 20 heteroatoms. The van der Waals surface area contributed by atoms with Crippen LogP contribution in [0.1, 0.15) is 140 Å². The number of rotatable bonds is 26. The summed E-state index contributed by atoms with van der Waals surface area (Å²) in [5.74, 6) is 7.31. The molecule has 8 bridgehead atoms. The van der Waals surface area contributed by atoms with E-state index in [1.807, 2.05) is 241 Å². The average molecular weight is 1650 g/mol. The second kappa shape index (κ2) is 34.8. The molecule has 2 aliphatic heterocycles. The molecule has 0 unspecified atom stereocenters. The Bertz CT molecular complexity index is 6400. The first-order valence-electron chi connectivity index (χ1n) is 42.0. The molecule has 0 aliphatic carbocycles. The van der Waals surface area contributed by atoms with Crippen LogP contribution < -0.4 is 37.9 Å². The lowest BCUT2D eigenvalue weighted by Crippen LogP contribution is -2.06. The van der Waals surface area contributed by atoms with Gasteiger partial charge in [-0.1, -0.05) is 149 Å². The van der Waals surface area contributed by atoms with Crippen LogP contribution in [0.4, 0.5) is 0 Å². The molecule has 0 atom stereocenters. The molecule has 622 valence electrons. The summed E-state index contributed by atoms with van der Waals surface area (Å²) in [5, 5.41) is 2.24. The Morgan fingerprint density at radius 3 is 0.685 bits per heavy atom. The van der Waals surface area contributed by atoms with Crippen LogP contribution in [0.3, 0.4) is 0 Å². The maximum absolute atomic E-state index is 13.5. The quantitative estimate of drug-likeness (QED) is 0.0379. The molecule has 0 spiro atoms. The van der Waals surface area contributed by atoms with Crippen molar-refractivity contribution in [3.8, 4) is 138 Å². The lowest BCUT2D eigenvalue weighted by molar-refractivity contribution is 0.0489. The number of benzene rings is 12. The summed E-state index contributed by atoms with van der Waals surface area (Å²) in [5.41, 5.74) is 14.9. The number of aryl methyl sites for hydroxylation is 12. The minimum Gasteiger partial charge on any atom is -0.462 e. The van der Waals surface area contributed by atoms with Gasteiger partial charge < -0.3 is 57.3 Å². The Labute approximate surface area is 719 Å². The Kier molecular flexibility index (Phi) is 22.9. The van der Waals surface area contributed by atoms with Gasteiger partial charge in [-0.25, -0.2) is 39.5 Å². The number of hydrogen-bond acceptors (Lipinski definition) is 18. The molecule has 2 aliphatic rings. The summed E-state index contributed by atoms with van der Waals surface area (Å²) in [6.45, 7) is 29.0. The molecule has 0 radical (unpaired) electrons. The van der Waals surface area contributed by atoms with Crippen LogP contribution in [0.2, 0.25) is 0 Å². The molecule has 12 aromatic carbocycles. The highest BCUT2D eigenvalue weighted by molar-refractivity contribution is 6.08. The summed E-state index contributed by atoms with van der Waals surface area (Å²) in [4.78, 5) is 68.1. The number of hydrogen-bond donors (Lipinski definition) is 2. The van der Waals surface area contributed by atoms with Crippen LogP contribution in [0.25, 0.3) is 89.7 Å². The molecule has 0 fully saturated rings. The van der Waals surface area contributed by atoms with Crippen LogP contribution in [-0.4, -0.2) is 65.0 Å². The van der Waals surface area contributed by atoms with Crippen molar-refractivity contribution in [3.05, 3.63) is 284 Å². The standard InChI is InChI=1S/C104H94N8O12/c1-15-17-19-47-115-103(113)69-39-43-71(44-40-69)117-81-49-73-74(50-82(81)118-72-45-41-70(42-46-72)104(114)116-48-20-18-16-2)96-105-95(73)106-97-75-51-83(119-89-57(3)27-21-28-58(89)4)85(121-91-61(7)31-23-32-62(91)8)53-77(75)99(108-97)110-101-79-55-87(123-93-65(11)35-25-36-66(93)12)88(124-94-67(13)37-26-38-68(94)14)56-80(79)102(112-101)111-100-78-54-86(122-92-63(9)33-24-34-64(92)10)84(52-76(78)98(107-96)109-100)120-90-59(5)29-22-30-60(90)6/h21-46,49-56H,15-20,47-48H2,1-14H3,(H2,105,106,107,108,109,110,111,112). The van der Waals surface area contributed by atoms with E-state index < -0.39 is 11.9 Å². The molecule has 124 heavy (non-hydrogen) atoms. The summed E-state index contributed by atoms with van der Waals surface area (Å²) < 4.78 is 68.4. The van der Waals surface area contributed by atoms with Crippen molar-refractivity contribution in [2.24, 2.45) is 0 Å². The van der Waals surface area contributed by atoms with Gasteiger partial charge in [0.25, 0.3) is 0 Å². The van der Waals surface area contributed by atoms with E-state index in [1.165, 1.54) is 0 Å². The van der Waals surface area contributed by atoms with Crippen molar-refractivity contribution < 1.29 is 57.0 Å². The smallest absolute Gasteiger partial charge is 0.338 e. The topological polar surface area (TPSA) is 235 Å². The number of carbonyl (C=O) groups excluding carboxylic acids is 2. The largest absolute Gasteiger partial charge is 0.462 e. The highest BCUT2D eigenvalue weighted by Gasteiger charge is 2.31. The SMILES string of the molecule is CCCCCOC(=O)c1ccc(Oc2cc3c(cc2Oc2ccc(C(=O)OCCCCC)cc2)-c2nc-3nc3[nH]c(nc4nc(nc5[nH]c(n2)c2cc(Oc6c(C)cccc6C)c(Oc6c(C)cccc6C)cc52)-c2cc(Oc5c(C)cccc5C)c(Oc5c(C)cccc5C)cc2-4)c2cc(Oc4c(C)cccc4C)c(Oc4c(C)cccc4C)cc32)cc1. The number of aromatic amines is 2. The number of ether oxygens (including phenoxy) is 10. The van der Waals surface area contributed by atoms with Crippen LogP contribution in [0.15, 0.2) is 206 Å². The minimum atomic E-state index is -0.452. The van der Waals surface area contributed by atoms with Crippen molar-refractivity contribution in [1.82, 2.24) is 39.9 Å². The molecule has 20 nitrogen and oxygen atoms in total. The molecule has 3 aromatic heterocycles. The van der Waals surface area contributed by atoms with Crippen molar-refractivity contribution >= 4 is 56.1 Å². The van der Waals surface area contributed by atoms with E-state index in [0.29, 0.717) is 171 Å². The van der Waals surface area contributed by atoms with Gasteiger partial charge in [0.05, 0.1) is 24.3 Å². The summed E-state index contributed by atoms with van der Waals surface area (Å²) in [6, 6.07) is 64.8. The van der Waals surface area contributed by atoms with Gasteiger partial charge in [0.15, 0.2) is 69.3 Å². The summed E-state index contributed by atoms with van der Waals surface area (Å²) in [7, 11) is 0. The first kappa shape index (κ1) is 81.7. The molecule has 0 saturated heterocycles. The van der Waals surface area contributed by atoms with Gasteiger partial charge in [0, 0.05) is 43.8 Å². The van der Waals surface area contributed by atoms with E-state index in [-0.39, 0.29) is 34.8 Å². The van der Waals surface area contributed by atoms with E-state index in [0.717, 1.165) is 105 Å². The van der Waals surface area contributed by atoms with E-state index in [1.54, 1.807) is 48.5 Å². The molecule has 2 N–H and O–H groups in total. The predicted octanol–water partition coefficient (Wildman–Crippen LogP) is 27.6. The van der Waals surface area contributed by atoms with E-state index in [4.69, 9.17) is 77.3 Å². The lowest BCUT2D eigenvalue weighted by Gasteiger charge is -2.18. The Hall–Kier alpha value is -14.7. The minimum absolute atomic E-state index is 0.191. The Morgan fingerprint density at radius 2 is 0.468 bits per heavy atom. The fourth-order valence-electron chi connectivity index (χ4n) is 15.6. The van der Waals surface area contributed by atoms with E-state index in [9.17, 15) is 9.59 Å². The number of nitrogens with one attached hydrogen (secondary N) is 2. The summed E-state index contributed by atoms with van der Waals surface area (Å²) >= 11 is 0. The third-order valence-electron chi connectivity index (χ3n) is 22.4. The second-order valence-electron chi connectivity index (χ2n) is 31.9. The zero-order valence-corrected chi connectivity index (χ0v) is 71.9. The highest BCUT2D eigenvalue weighted by Crippen LogP contribution is 2.52. The highest BCUT2D eigenvalue weighted by atomic mass is 16.6. The van der Waals surface area contributed by atoms with Gasteiger partial charge in [0.2, 0.25) is 0 Å². The average Bonchev–Trinajstić information content (AvgIpc) is 1.58. The molecule has 17 rings (SSSR count). The number of esters is 2. The summed E-state index contributed by atoms with van der Waals surface area (Å²) in [6.07, 6.45) is 5.34. The van der Waals surface area contributed by atoms with Crippen LogP contribution in [0.5, 0.6) is 92.0 Å². The lowest BCUT2D eigenvalue weighted by atomic mass is 10.1. The van der Waals surface area contributed by atoms with E-state index in [2.05, 4.69) is 23.8 Å². The number of aromatic nitrogens is 8. The van der Waals surface area contributed by atoms with Crippen LogP contribution in [-0.2, 0) is 9.47 Å². The Balaban J connectivity index is 0.978. The normalized spacial score (nSPS) is 11.5. The van der Waals surface area contributed by atoms with Gasteiger partial charge >= 0.3 is 11.9 Å². The van der Waals surface area contributed by atoms with Crippen LogP contribution in [0, 0.1) is 83.1 Å².